The highest BCUT2D eigenvalue weighted by Crippen LogP contribution is 2.46. The summed E-state index contributed by atoms with van der Waals surface area (Å²) in [5, 5.41) is 0. The van der Waals surface area contributed by atoms with E-state index in [0.29, 0.717) is 10.3 Å². The second-order valence-electron chi connectivity index (χ2n) is 3.64. The molecule has 0 radical (unpaired) electrons. The van der Waals surface area contributed by atoms with Gasteiger partial charge < -0.3 is 0 Å². The van der Waals surface area contributed by atoms with Crippen LogP contribution in [-0.4, -0.2) is 4.90 Å². The fraction of sp³-hybridized carbons (Fsp3) is 1.00. The molecule has 9 heavy (non-hydrogen) atoms. The van der Waals surface area contributed by atoms with Crippen LogP contribution in [0.2, 0.25) is 0 Å². The molecular weight excluding hydrogens is 146 g/mol. The standard InChI is InChI=1S/C7H18P2/c1-5-7(8,9)6(2,3)4/h5,8-9H2,1-4H3. The molecule has 0 saturated heterocycles. The smallest absolute Gasteiger partial charge is 0.00382 e. The van der Waals surface area contributed by atoms with E-state index in [-0.39, 0.29) is 0 Å². The SMILES string of the molecule is CCC(P)(P)C(C)(C)C. The largest absolute Gasteiger partial charge is 0.126 e. The van der Waals surface area contributed by atoms with Crippen molar-refractivity contribution < 1.29 is 0 Å². The molecule has 2 atom stereocenters. The maximum Gasteiger partial charge on any atom is 0.00382 e. The molecular formula is C7H18P2. The molecule has 0 aromatic carbocycles. The first kappa shape index (κ1) is 9.86. The van der Waals surface area contributed by atoms with Crippen LogP contribution in [0.25, 0.3) is 0 Å². The molecule has 0 N–H and O–H groups in total. The van der Waals surface area contributed by atoms with E-state index in [2.05, 4.69) is 46.2 Å². The fourth-order valence-corrected chi connectivity index (χ4v) is 0.530. The average molecular weight is 164 g/mol. The third-order valence-electron chi connectivity index (χ3n) is 1.98. The molecule has 0 rings (SSSR count). The maximum atomic E-state index is 2.90. The van der Waals surface area contributed by atoms with Crippen molar-refractivity contribution in [3.05, 3.63) is 0 Å². The van der Waals surface area contributed by atoms with Gasteiger partial charge in [-0.25, -0.2) is 0 Å². The molecule has 0 nitrogen and oxygen atoms in total. The van der Waals surface area contributed by atoms with Gasteiger partial charge in [-0.1, -0.05) is 27.7 Å². The van der Waals surface area contributed by atoms with Gasteiger partial charge in [0.2, 0.25) is 0 Å². The normalized spacial score (nSPS) is 14.0. The van der Waals surface area contributed by atoms with E-state index in [1.807, 2.05) is 0 Å². The Morgan fingerprint density at radius 3 is 1.44 bits per heavy atom. The Labute approximate surface area is 63.6 Å². The van der Waals surface area contributed by atoms with Crippen LogP contribution in [0, 0.1) is 5.41 Å². The minimum Gasteiger partial charge on any atom is -0.126 e. The molecule has 0 aromatic heterocycles. The Bertz CT molecular complexity index is 89.6. The molecule has 0 spiro atoms. The predicted molar refractivity (Wildman–Crippen MR) is 51.9 cm³/mol. The van der Waals surface area contributed by atoms with Gasteiger partial charge in [0, 0.05) is 4.90 Å². The van der Waals surface area contributed by atoms with Gasteiger partial charge in [-0.15, -0.1) is 18.5 Å². The maximum absolute atomic E-state index is 2.90. The van der Waals surface area contributed by atoms with Gasteiger partial charge in [0.15, 0.2) is 0 Å². The Balaban J connectivity index is 4.14. The lowest BCUT2D eigenvalue weighted by Gasteiger charge is -2.37. The van der Waals surface area contributed by atoms with E-state index in [4.69, 9.17) is 0 Å². The van der Waals surface area contributed by atoms with Crippen molar-refractivity contribution >= 4 is 18.5 Å². The average Bonchev–Trinajstić information content (AvgIpc) is 1.64. The highest BCUT2D eigenvalue weighted by Gasteiger charge is 2.30. The molecule has 0 aliphatic carbocycles. The summed E-state index contributed by atoms with van der Waals surface area (Å²) < 4.78 is 0. The Morgan fingerprint density at radius 2 is 1.44 bits per heavy atom. The summed E-state index contributed by atoms with van der Waals surface area (Å²) in [5.74, 6) is 0. The molecule has 0 aliphatic rings. The van der Waals surface area contributed by atoms with Gasteiger partial charge in [-0.3, -0.25) is 0 Å². The van der Waals surface area contributed by atoms with Crippen LogP contribution in [0.4, 0.5) is 0 Å². The molecule has 0 amide bonds. The van der Waals surface area contributed by atoms with Crippen LogP contribution in [-0.2, 0) is 0 Å². The summed E-state index contributed by atoms with van der Waals surface area (Å²) in [6.45, 7) is 8.99. The van der Waals surface area contributed by atoms with Crippen LogP contribution >= 0.6 is 18.5 Å². The van der Waals surface area contributed by atoms with Crippen molar-refractivity contribution in [1.82, 2.24) is 0 Å². The topological polar surface area (TPSA) is 0 Å². The molecule has 0 saturated carbocycles. The molecule has 2 unspecified atom stereocenters. The molecule has 2 heteroatoms. The molecule has 0 bridgehead atoms. The Kier molecular flexibility index (Phi) is 3.12. The minimum absolute atomic E-state index is 0.313. The van der Waals surface area contributed by atoms with E-state index < -0.39 is 0 Å². The minimum atomic E-state index is 0.313. The lowest BCUT2D eigenvalue weighted by atomic mass is 9.89. The van der Waals surface area contributed by atoms with Gasteiger partial charge >= 0.3 is 0 Å². The Hall–Kier alpha value is 0.860. The van der Waals surface area contributed by atoms with Crippen LogP contribution < -0.4 is 0 Å². The molecule has 0 fully saturated rings. The highest BCUT2D eigenvalue weighted by atomic mass is 31.1. The zero-order chi connectivity index (χ0) is 7.71. The van der Waals surface area contributed by atoms with Gasteiger partial charge in [0.25, 0.3) is 0 Å². The first-order valence-corrected chi connectivity index (χ1v) is 4.54. The molecule has 0 heterocycles. The van der Waals surface area contributed by atoms with E-state index >= 15 is 0 Å². The summed E-state index contributed by atoms with van der Waals surface area (Å²) >= 11 is 0. The summed E-state index contributed by atoms with van der Waals surface area (Å²) in [6.07, 6.45) is 1.19. The zero-order valence-corrected chi connectivity index (χ0v) is 9.17. The van der Waals surface area contributed by atoms with Gasteiger partial charge in [0.05, 0.1) is 0 Å². The van der Waals surface area contributed by atoms with Crippen molar-refractivity contribution in [2.45, 2.75) is 39.0 Å². The quantitative estimate of drug-likeness (QED) is 0.523. The van der Waals surface area contributed by atoms with E-state index in [9.17, 15) is 0 Å². The van der Waals surface area contributed by atoms with Crippen LogP contribution in [0.3, 0.4) is 0 Å². The third-order valence-corrected chi connectivity index (χ3v) is 4.53. The highest BCUT2D eigenvalue weighted by molar-refractivity contribution is 7.40. The fourth-order valence-electron chi connectivity index (χ4n) is 0.530. The van der Waals surface area contributed by atoms with Crippen molar-refractivity contribution in [2.24, 2.45) is 5.41 Å². The second-order valence-corrected chi connectivity index (χ2v) is 6.37. The summed E-state index contributed by atoms with van der Waals surface area (Å²) in [5.41, 5.74) is 0.372. The van der Waals surface area contributed by atoms with Gasteiger partial charge in [0.1, 0.15) is 0 Å². The van der Waals surface area contributed by atoms with E-state index in [1.165, 1.54) is 6.42 Å². The Morgan fingerprint density at radius 1 is 1.11 bits per heavy atom. The zero-order valence-electron chi connectivity index (χ0n) is 6.86. The summed E-state index contributed by atoms with van der Waals surface area (Å²) in [4.78, 5) is 0.313. The van der Waals surface area contributed by atoms with Crippen LogP contribution in [0.1, 0.15) is 34.1 Å². The number of hydrogen-bond donors (Lipinski definition) is 0. The lowest BCUT2D eigenvalue weighted by Crippen LogP contribution is -2.29. The lowest BCUT2D eigenvalue weighted by molar-refractivity contribution is 0.358. The summed E-state index contributed by atoms with van der Waals surface area (Å²) in [6, 6.07) is 0. The first-order valence-electron chi connectivity index (χ1n) is 3.39. The van der Waals surface area contributed by atoms with Crippen LogP contribution in [0.15, 0.2) is 0 Å². The third kappa shape index (κ3) is 2.52. The van der Waals surface area contributed by atoms with Crippen molar-refractivity contribution in [3.63, 3.8) is 0 Å². The van der Waals surface area contributed by atoms with Crippen LogP contribution in [0.5, 0.6) is 0 Å². The van der Waals surface area contributed by atoms with E-state index in [1.54, 1.807) is 0 Å². The monoisotopic (exact) mass is 164 g/mol. The number of rotatable bonds is 1. The van der Waals surface area contributed by atoms with E-state index in [0.717, 1.165) is 0 Å². The molecule has 0 aromatic rings. The molecule has 0 aliphatic heterocycles. The van der Waals surface area contributed by atoms with Crippen molar-refractivity contribution in [1.29, 1.82) is 0 Å². The van der Waals surface area contributed by atoms with Gasteiger partial charge in [-0.05, 0) is 11.8 Å². The second kappa shape index (κ2) is 2.85. The predicted octanol–water partition coefficient (Wildman–Crippen LogP) is 2.89. The molecule has 56 valence electrons. The van der Waals surface area contributed by atoms with Gasteiger partial charge in [-0.2, -0.15) is 0 Å². The number of hydrogen-bond acceptors (Lipinski definition) is 0. The van der Waals surface area contributed by atoms with Crippen molar-refractivity contribution in [2.75, 3.05) is 0 Å². The first-order chi connectivity index (χ1) is 3.81. The summed E-state index contributed by atoms with van der Waals surface area (Å²) in [7, 11) is 5.80. The van der Waals surface area contributed by atoms with Crippen molar-refractivity contribution in [3.8, 4) is 0 Å².